The van der Waals surface area contributed by atoms with E-state index >= 15 is 0 Å². The molecule has 2 aromatic rings. The molecule has 2 aromatic carbocycles. The van der Waals surface area contributed by atoms with Crippen LogP contribution in [0.4, 0.5) is 0 Å². The Hall–Kier alpha value is -1.06. The van der Waals surface area contributed by atoms with Crippen LogP contribution in [0.25, 0.3) is 0 Å². The average Bonchev–Trinajstić information content (AvgIpc) is 2.54. The fourth-order valence-corrected chi connectivity index (χ4v) is 2.48. The van der Waals surface area contributed by atoms with Crippen LogP contribution in [0.15, 0.2) is 53.0 Å². The molecule has 0 bridgehead atoms. The molecule has 0 aliphatic rings. The van der Waals surface area contributed by atoms with Crippen LogP contribution in [0, 0.1) is 0 Å². The fourth-order valence-electron chi connectivity index (χ4n) is 2.00. The maximum Gasteiger partial charge on any atom is 0.138 e. The van der Waals surface area contributed by atoms with Crippen LogP contribution in [0.5, 0.6) is 11.5 Å². The van der Waals surface area contributed by atoms with E-state index in [4.69, 9.17) is 55.9 Å². The zero-order chi connectivity index (χ0) is 17.4. The minimum absolute atomic E-state index is 0.168. The van der Waals surface area contributed by atoms with Crippen LogP contribution in [0.2, 0.25) is 10.0 Å². The average molecular weight is 406 g/mol. The van der Waals surface area contributed by atoms with Gasteiger partial charge < -0.3 is 9.47 Å². The summed E-state index contributed by atoms with van der Waals surface area (Å²) in [7, 11) is 0. The predicted octanol–water partition coefficient (Wildman–Crippen LogP) is 6.70. The SMILES string of the molecule is ClC(Cl)=CCOc1ccc(OCCCc2ccc(Cl)cc2)c(Cl)c1. The maximum atomic E-state index is 6.20. The molecule has 0 radical (unpaired) electrons. The van der Waals surface area contributed by atoms with Crippen molar-refractivity contribution in [1.82, 2.24) is 0 Å². The third-order valence-electron chi connectivity index (χ3n) is 3.17. The highest BCUT2D eigenvalue weighted by Crippen LogP contribution is 2.29. The Kier molecular flexibility index (Phi) is 8.07. The van der Waals surface area contributed by atoms with Crippen LogP contribution in [0.3, 0.4) is 0 Å². The molecule has 0 fully saturated rings. The second-order valence-corrected chi connectivity index (χ2v) is 6.83. The third-order valence-corrected chi connectivity index (χ3v) is 4.03. The molecule has 2 nitrogen and oxygen atoms in total. The summed E-state index contributed by atoms with van der Waals surface area (Å²) in [6, 6.07) is 13.1. The van der Waals surface area contributed by atoms with Gasteiger partial charge in [-0.05, 0) is 48.7 Å². The number of rotatable bonds is 8. The molecule has 0 N–H and O–H groups in total. The minimum atomic E-state index is 0.168. The lowest BCUT2D eigenvalue weighted by Gasteiger charge is -2.10. The molecule has 6 heteroatoms. The lowest BCUT2D eigenvalue weighted by atomic mass is 10.1. The van der Waals surface area contributed by atoms with E-state index < -0.39 is 0 Å². The molecule has 2 rings (SSSR count). The van der Waals surface area contributed by atoms with Gasteiger partial charge in [0.25, 0.3) is 0 Å². The Bertz CT molecular complexity index is 680. The molecule has 128 valence electrons. The molecular formula is C18H16Cl4O2. The molecule has 0 atom stereocenters. The Morgan fingerprint density at radius 3 is 2.38 bits per heavy atom. The van der Waals surface area contributed by atoms with Crippen molar-refractivity contribution in [3.63, 3.8) is 0 Å². The highest BCUT2D eigenvalue weighted by atomic mass is 35.5. The van der Waals surface area contributed by atoms with Gasteiger partial charge in [-0.1, -0.05) is 58.5 Å². The van der Waals surface area contributed by atoms with E-state index in [2.05, 4.69) is 0 Å². The number of benzene rings is 2. The minimum Gasteiger partial charge on any atom is -0.492 e. The van der Waals surface area contributed by atoms with Gasteiger partial charge in [0, 0.05) is 11.1 Å². The summed E-state index contributed by atoms with van der Waals surface area (Å²) in [4.78, 5) is 0. The zero-order valence-corrected chi connectivity index (χ0v) is 15.8. The van der Waals surface area contributed by atoms with Gasteiger partial charge in [-0.25, -0.2) is 0 Å². The molecule has 0 saturated carbocycles. The summed E-state index contributed by atoms with van der Waals surface area (Å²) in [5, 5.41) is 1.24. The standard InChI is InChI=1S/C18H16Cl4O2/c19-14-5-3-13(4-6-14)2-1-10-24-17-8-7-15(12-16(17)20)23-11-9-18(21)22/h3-9,12H,1-2,10-11H2. The molecule has 0 aromatic heterocycles. The summed E-state index contributed by atoms with van der Waals surface area (Å²) in [5.74, 6) is 1.25. The molecule has 24 heavy (non-hydrogen) atoms. The number of ether oxygens (including phenoxy) is 2. The summed E-state index contributed by atoms with van der Waals surface area (Å²) in [5.41, 5.74) is 1.23. The Balaban J connectivity index is 1.78. The number of aryl methyl sites for hydroxylation is 1. The first-order valence-corrected chi connectivity index (χ1v) is 8.86. The van der Waals surface area contributed by atoms with Crippen molar-refractivity contribution in [3.05, 3.63) is 68.6 Å². The smallest absolute Gasteiger partial charge is 0.138 e. The van der Waals surface area contributed by atoms with Crippen molar-refractivity contribution in [2.45, 2.75) is 12.8 Å². The van der Waals surface area contributed by atoms with E-state index in [1.807, 2.05) is 24.3 Å². The van der Waals surface area contributed by atoms with Crippen LogP contribution >= 0.6 is 46.4 Å². The predicted molar refractivity (Wildman–Crippen MR) is 102 cm³/mol. The summed E-state index contributed by atoms with van der Waals surface area (Å²) in [6.45, 7) is 0.854. The molecule has 0 aliphatic carbocycles. The maximum absolute atomic E-state index is 6.20. The second kappa shape index (κ2) is 10.0. The third kappa shape index (κ3) is 6.82. The van der Waals surface area contributed by atoms with Crippen molar-refractivity contribution in [2.24, 2.45) is 0 Å². The van der Waals surface area contributed by atoms with Crippen molar-refractivity contribution in [2.75, 3.05) is 13.2 Å². The van der Waals surface area contributed by atoms with E-state index in [0.717, 1.165) is 17.9 Å². The fraction of sp³-hybridized carbons (Fsp3) is 0.222. The van der Waals surface area contributed by atoms with Gasteiger partial charge in [0.05, 0.1) is 11.6 Å². The first kappa shape index (κ1) is 19.3. The Morgan fingerprint density at radius 2 is 1.71 bits per heavy atom. The number of hydrogen-bond donors (Lipinski definition) is 0. The van der Waals surface area contributed by atoms with E-state index in [1.54, 1.807) is 24.3 Å². The quantitative estimate of drug-likeness (QED) is 0.454. The normalized spacial score (nSPS) is 10.3. The number of hydrogen-bond acceptors (Lipinski definition) is 2. The molecular weight excluding hydrogens is 390 g/mol. The van der Waals surface area contributed by atoms with Gasteiger partial charge in [-0.2, -0.15) is 0 Å². The highest BCUT2D eigenvalue weighted by Gasteiger charge is 2.04. The summed E-state index contributed by atoms with van der Waals surface area (Å²) >= 11 is 23.1. The van der Waals surface area contributed by atoms with Gasteiger partial charge in [0.1, 0.15) is 22.6 Å². The lowest BCUT2D eigenvalue weighted by molar-refractivity contribution is 0.309. The van der Waals surface area contributed by atoms with Crippen LogP contribution < -0.4 is 9.47 Å². The van der Waals surface area contributed by atoms with Crippen molar-refractivity contribution in [1.29, 1.82) is 0 Å². The number of halogens is 4. The largest absolute Gasteiger partial charge is 0.492 e. The topological polar surface area (TPSA) is 18.5 Å². The Labute approximate surface area is 161 Å². The van der Waals surface area contributed by atoms with Crippen LogP contribution in [-0.4, -0.2) is 13.2 Å². The van der Waals surface area contributed by atoms with Gasteiger partial charge in [0.2, 0.25) is 0 Å². The van der Waals surface area contributed by atoms with Crippen molar-refractivity contribution < 1.29 is 9.47 Å². The molecule has 0 saturated heterocycles. The lowest BCUT2D eigenvalue weighted by Crippen LogP contribution is -2.00. The van der Waals surface area contributed by atoms with E-state index in [1.165, 1.54) is 5.56 Å². The summed E-state index contributed by atoms with van der Waals surface area (Å²) < 4.78 is 11.3. The van der Waals surface area contributed by atoms with Crippen molar-refractivity contribution >= 4 is 46.4 Å². The van der Waals surface area contributed by atoms with Gasteiger partial charge >= 0.3 is 0 Å². The van der Waals surface area contributed by atoms with Crippen LogP contribution in [0.1, 0.15) is 12.0 Å². The molecule has 0 unspecified atom stereocenters. The molecule has 0 spiro atoms. The van der Waals surface area contributed by atoms with Crippen molar-refractivity contribution in [3.8, 4) is 11.5 Å². The zero-order valence-electron chi connectivity index (χ0n) is 12.8. The summed E-state index contributed by atoms with van der Waals surface area (Å²) in [6.07, 6.45) is 3.36. The van der Waals surface area contributed by atoms with E-state index in [-0.39, 0.29) is 11.1 Å². The van der Waals surface area contributed by atoms with E-state index in [9.17, 15) is 0 Å². The second-order valence-electron chi connectivity index (χ2n) is 4.98. The monoisotopic (exact) mass is 404 g/mol. The van der Waals surface area contributed by atoms with Crippen LogP contribution in [-0.2, 0) is 6.42 Å². The van der Waals surface area contributed by atoms with E-state index in [0.29, 0.717) is 23.1 Å². The Morgan fingerprint density at radius 1 is 0.958 bits per heavy atom. The van der Waals surface area contributed by atoms with Gasteiger partial charge in [-0.3, -0.25) is 0 Å². The first-order valence-electron chi connectivity index (χ1n) is 7.35. The van der Waals surface area contributed by atoms with Gasteiger partial charge in [0.15, 0.2) is 0 Å². The first-order chi connectivity index (χ1) is 11.5. The molecule has 0 heterocycles. The highest BCUT2D eigenvalue weighted by molar-refractivity contribution is 6.55. The molecule has 0 amide bonds. The molecule has 0 aliphatic heterocycles. The van der Waals surface area contributed by atoms with Gasteiger partial charge in [-0.15, -0.1) is 0 Å².